The Kier molecular flexibility index (Phi) is 8.52. The van der Waals surface area contributed by atoms with E-state index < -0.39 is 9.96 Å². The summed E-state index contributed by atoms with van der Waals surface area (Å²) in [5.74, 6) is -0.532. The summed E-state index contributed by atoms with van der Waals surface area (Å²) in [4.78, 5) is 23.5. The molecule has 0 radical (unpaired) electrons. The predicted molar refractivity (Wildman–Crippen MR) is 122 cm³/mol. The zero-order valence-electron chi connectivity index (χ0n) is 15.3. The number of thiocarbonyl (C=S) groups is 1. The summed E-state index contributed by atoms with van der Waals surface area (Å²) in [6, 6.07) is 16.1. The van der Waals surface area contributed by atoms with Gasteiger partial charge in [-0.05, 0) is 36.0 Å². The van der Waals surface area contributed by atoms with Crippen molar-refractivity contribution in [1.29, 1.82) is 0 Å². The van der Waals surface area contributed by atoms with Gasteiger partial charge < -0.3 is 21.3 Å². The lowest BCUT2D eigenvalue weighted by molar-refractivity contribution is -0.121. The lowest BCUT2D eigenvalue weighted by Gasteiger charge is -2.28. The SMILES string of the molecule is CC(=O)Nc1cccc(NC(=S)NC(NC(=O)Cc2ccccc2)C(Cl)(Cl)Cl)c1. The topological polar surface area (TPSA) is 82.3 Å². The summed E-state index contributed by atoms with van der Waals surface area (Å²) in [7, 11) is 0. The van der Waals surface area contributed by atoms with Crippen LogP contribution >= 0.6 is 47.0 Å². The van der Waals surface area contributed by atoms with Gasteiger partial charge in [-0.15, -0.1) is 0 Å². The van der Waals surface area contributed by atoms with Crippen molar-refractivity contribution < 1.29 is 9.59 Å². The number of anilines is 2. The summed E-state index contributed by atoms with van der Waals surface area (Å²) >= 11 is 23.2. The third kappa shape index (κ3) is 8.45. The minimum atomic E-state index is -1.85. The van der Waals surface area contributed by atoms with Gasteiger partial charge in [0.25, 0.3) is 0 Å². The van der Waals surface area contributed by atoms with Crippen LogP contribution in [0.1, 0.15) is 12.5 Å². The zero-order chi connectivity index (χ0) is 21.4. The fourth-order valence-electron chi connectivity index (χ4n) is 2.37. The molecule has 10 heteroatoms. The van der Waals surface area contributed by atoms with Gasteiger partial charge in [0, 0.05) is 18.3 Å². The summed E-state index contributed by atoms with van der Waals surface area (Å²) < 4.78 is -1.85. The lowest BCUT2D eigenvalue weighted by Crippen LogP contribution is -2.56. The maximum absolute atomic E-state index is 12.3. The van der Waals surface area contributed by atoms with Gasteiger partial charge in [-0.2, -0.15) is 0 Å². The molecule has 1 unspecified atom stereocenters. The van der Waals surface area contributed by atoms with Crippen molar-refractivity contribution in [2.75, 3.05) is 10.6 Å². The highest BCUT2D eigenvalue weighted by molar-refractivity contribution is 7.80. The van der Waals surface area contributed by atoms with Gasteiger partial charge in [0.2, 0.25) is 15.6 Å². The lowest BCUT2D eigenvalue weighted by atomic mass is 10.1. The maximum Gasteiger partial charge on any atom is 0.228 e. The summed E-state index contributed by atoms with van der Waals surface area (Å²) in [6.07, 6.45) is -0.944. The van der Waals surface area contributed by atoms with E-state index in [1.54, 1.807) is 24.3 Å². The normalized spacial score (nSPS) is 11.9. The minimum Gasteiger partial charge on any atom is -0.339 e. The van der Waals surface area contributed by atoms with Gasteiger partial charge in [-0.25, -0.2) is 0 Å². The predicted octanol–water partition coefficient (Wildman–Crippen LogP) is 3.99. The van der Waals surface area contributed by atoms with Crippen molar-refractivity contribution in [3.63, 3.8) is 0 Å². The minimum absolute atomic E-state index is 0.124. The number of hydrogen-bond donors (Lipinski definition) is 4. The van der Waals surface area contributed by atoms with Crippen LogP contribution in [0.2, 0.25) is 0 Å². The van der Waals surface area contributed by atoms with Crippen molar-refractivity contribution in [1.82, 2.24) is 10.6 Å². The molecule has 0 fully saturated rings. The molecule has 2 aromatic rings. The highest BCUT2D eigenvalue weighted by Gasteiger charge is 2.34. The summed E-state index contributed by atoms with van der Waals surface area (Å²) in [5, 5.41) is 11.1. The monoisotopic (exact) mass is 472 g/mol. The van der Waals surface area contributed by atoms with E-state index >= 15 is 0 Å². The Balaban J connectivity index is 1.99. The number of alkyl halides is 3. The molecule has 0 saturated carbocycles. The zero-order valence-corrected chi connectivity index (χ0v) is 18.4. The average molecular weight is 474 g/mol. The molecule has 0 saturated heterocycles. The largest absolute Gasteiger partial charge is 0.339 e. The number of amides is 2. The van der Waals surface area contributed by atoms with Crippen LogP contribution in [-0.2, 0) is 16.0 Å². The Morgan fingerprint density at radius 3 is 2.17 bits per heavy atom. The van der Waals surface area contributed by atoms with Gasteiger partial charge in [-0.1, -0.05) is 71.2 Å². The second-order valence-corrected chi connectivity index (χ2v) is 8.84. The van der Waals surface area contributed by atoms with E-state index in [1.165, 1.54) is 6.92 Å². The Hall–Kier alpha value is -2.06. The number of nitrogens with one attached hydrogen (secondary N) is 4. The number of carbonyl (C=O) groups is 2. The Bertz CT molecular complexity index is 875. The average Bonchev–Trinajstić information content (AvgIpc) is 2.61. The van der Waals surface area contributed by atoms with Crippen LogP contribution in [0.15, 0.2) is 54.6 Å². The molecule has 0 aliphatic heterocycles. The summed E-state index contributed by atoms with van der Waals surface area (Å²) in [5.41, 5.74) is 2.02. The van der Waals surface area contributed by atoms with E-state index in [4.69, 9.17) is 47.0 Å². The van der Waals surface area contributed by atoms with Crippen molar-refractivity contribution in [2.45, 2.75) is 23.3 Å². The molecule has 6 nitrogen and oxygen atoms in total. The van der Waals surface area contributed by atoms with Crippen LogP contribution in [0.3, 0.4) is 0 Å². The summed E-state index contributed by atoms with van der Waals surface area (Å²) in [6.45, 7) is 1.41. The van der Waals surface area contributed by atoms with Crippen molar-refractivity contribution >= 4 is 75.3 Å². The van der Waals surface area contributed by atoms with Gasteiger partial charge in [-0.3, -0.25) is 9.59 Å². The molecule has 2 amide bonds. The molecule has 29 heavy (non-hydrogen) atoms. The molecular formula is C19H19Cl3N4O2S. The van der Waals surface area contributed by atoms with Crippen molar-refractivity contribution in [3.8, 4) is 0 Å². The van der Waals surface area contributed by atoms with E-state index in [2.05, 4.69) is 21.3 Å². The van der Waals surface area contributed by atoms with E-state index in [0.29, 0.717) is 11.4 Å². The molecule has 4 N–H and O–H groups in total. The molecule has 0 aliphatic rings. The first-order valence-corrected chi connectivity index (χ1v) is 10.0. The Labute approximate surface area is 189 Å². The number of hydrogen-bond acceptors (Lipinski definition) is 3. The van der Waals surface area contributed by atoms with Crippen LogP contribution in [0.4, 0.5) is 11.4 Å². The van der Waals surface area contributed by atoms with E-state index in [-0.39, 0.29) is 23.3 Å². The molecule has 2 aromatic carbocycles. The molecular weight excluding hydrogens is 455 g/mol. The fourth-order valence-corrected chi connectivity index (χ4v) is 2.93. The number of halogens is 3. The molecule has 154 valence electrons. The Morgan fingerprint density at radius 1 is 0.966 bits per heavy atom. The van der Waals surface area contributed by atoms with E-state index in [0.717, 1.165) is 5.56 Å². The first kappa shape index (κ1) is 23.2. The van der Waals surface area contributed by atoms with Crippen LogP contribution in [0.25, 0.3) is 0 Å². The molecule has 0 bridgehead atoms. The van der Waals surface area contributed by atoms with Gasteiger partial charge in [0.15, 0.2) is 5.11 Å². The van der Waals surface area contributed by atoms with Crippen LogP contribution < -0.4 is 21.3 Å². The van der Waals surface area contributed by atoms with E-state index in [9.17, 15) is 9.59 Å². The first-order valence-electron chi connectivity index (χ1n) is 8.48. The van der Waals surface area contributed by atoms with Crippen LogP contribution in [0.5, 0.6) is 0 Å². The molecule has 0 spiro atoms. The standard InChI is InChI=1S/C19H19Cl3N4O2S/c1-12(27)23-14-8-5-9-15(11-14)24-18(29)26-17(19(20,21)22)25-16(28)10-13-6-3-2-4-7-13/h2-9,11,17H,10H2,1H3,(H,23,27)(H,25,28)(H2,24,26,29). The molecule has 0 aromatic heterocycles. The fraction of sp³-hybridized carbons (Fsp3) is 0.211. The Morgan fingerprint density at radius 2 is 1.59 bits per heavy atom. The van der Waals surface area contributed by atoms with Gasteiger partial charge >= 0.3 is 0 Å². The van der Waals surface area contributed by atoms with Crippen molar-refractivity contribution in [2.24, 2.45) is 0 Å². The highest BCUT2D eigenvalue weighted by Crippen LogP contribution is 2.29. The molecule has 0 heterocycles. The van der Waals surface area contributed by atoms with Crippen LogP contribution in [0, 0.1) is 0 Å². The maximum atomic E-state index is 12.3. The van der Waals surface area contributed by atoms with Crippen LogP contribution in [-0.4, -0.2) is 26.9 Å². The number of carbonyl (C=O) groups excluding carboxylic acids is 2. The van der Waals surface area contributed by atoms with Gasteiger partial charge in [0.05, 0.1) is 6.42 Å². The number of rotatable bonds is 6. The third-order valence-corrected chi connectivity index (χ3v) is 4.43. The quantitative estimate of drug-likeness (QED) is 0.290. The smallest absolute Gasteiger partial charge is 0.228 e. The number of benzene rings is 2. The van der Waals surface area contributed by atoms with Gasteiger partial charge in [0.1, 0.15) is 6.17 Å². The van der Waals surface area contributed by atoms with Crippen molar-refractivity contribution in [3.05, 3.63) is 60.2 Å². The molecule has 1 atom stereocenters. The third-order valence-electron chi connectivity index (χ3n) is 3.56. The highest BCUT2D eigenvalue weighted by atomic mass is 35.6. The molecule has 2 rings (SSSR count). The second kappa shape index (κ2) is 10.6. The second-order valence-electron chi connectivity index (χ2n) is 6.06. The molecule has 0 aliphatic carbocycles. The first-order chi connectivity index (χ1) is 13.6. The van der Waals surface area contributed by atoms with E-state index in [1.807, 2.05) is 30.3 Å².